The van der Waals surface area contributed by atoms with Crippen molar-refractivity contribution in [3.05, 3.63) is 59.7 Å². The van der Waals surface area contributed by atoms with E-state index in [0.717, 1.165) is 0 Å². The number of hydrogen-bond acceptors (Lipinski definition) is 3. The Kier molecular flexibility index (Phi) is 5.36. The predicted molar refractivity (Wildman–Crippen MR) is 88.1 cm³/mol. The molecule has 0 aliphatic heterocycles. The first kappa shape index (κ1) is 16.5. The molecular weight excluding hydrogens is 294 g/mol. The lowest BCUT2D eigenvalue weighted by Crippen LogP contribution is -2.20. The second kappa shape index (κ2) is 7.45. The number of carboxylic acids is 1. The first-order chi connectivity index (χ1) is 11.0. The summed E-state index contributed by atoms with van der Waals surface area (Å²) in [5, 5.41) is 11.5. The molecule has 0 fully saturated rings. The predicted octanol–water partition coefficient (Wildman–Crippen LogP) is 3.53. The highest BCUT2D eigenvalue weighted by Gasteiger charge is 2.06. The highest BCUT2D eigenvalue weighted by molar-refractivity contribution is 5.93. The number of aromatic carboxylic acids is 1. The third kappa shape index (κ3) is 4.85. The number of carbonyl (C=O) groups excluding carboxylic acids is 1. The zero-order valence-electron chi connectivity index (χ0n) is 13.1. The summed E-state index contributed by atoms with van der Waals surface area (Å²) in [5.41, 5.74) is 1.91. The Bertz CT molecular complexity index is 675. The van der Waals surface area contributed by atoms with Gasteiger partial charge in [-0.3, -0.25) is 4.79 Å². The van der Waals surface area contributed by atoms with E-state index in [0.29, 0.717) is 17.4 Å². The quantitative estimate of drug-likeness (QED) is 0.855. The first-order valence-corrected chi connectivity index (χ1v) is 7.31. The molecule has 0 spiro atoms. The summed E-state index contributed by atoms with van der Waals surface area (Å²) in [6.45, 7) is 4.11. The maximum atomic E-state index is 11.8. The molecule has 2 aromatic carbocycles. The van der Waals surface area contributed by atoms with Gasteiger partial charge in [0, 0.05) is 5.69 Å². The number of hydrogen-bond donors (Lipinski definition) is 2. The molecule has 0 unspecified atom stereocenters. The van der Waals surface area contributed by atoms with Gasteiger partial charge in [-0.15, -0.1) is 0 Å². The van der Waals surface area contributed by atoms with Crippen molar-refractivity contribution >= 4 is 17.6 Å². The standard InChI is InChI=1S/C18H19NO4/c1-12(2)13-5-9-16(10-6-13)23-11-17(20)19-15-7-3-14(4-8-15)18(21)22/h3-10,12H,11H2,1-2H3,(H,19,20)(H,21,22). The molecule has 0 heterocycles. The molecule has 0 saturated heterocycles. The van der Waals surface area contributed by atoms with Crippen molar-refractivity contribution in [1.29, 1.82) is 0 Å². The summed E-state index contributed by atoms with van der Waals surface area (Å²) >= 11 is 0. The van der Waals surface area contributed by atoms with Gasteiger partial charge in [0.2, 0.25) is 0 Å². The summed E-state index contributed by atoms with van der Waals surface area (Å²) in [4.78, 5) is 22.6. The van der Waals surface area contributed by atoms with Gasteiger partial charge in [-0.05, 0) is 47.9 Å². The summed E-state index contributed by atoms with van der Waals surface area (Å²) in [6, 6.07) is 13.6. The lowest BCUT2D eigenvalue weighted by molar-refractivity contribution is -0.118. The summed E-state index contributed by atoms with van der Waals surface area (Å²) in [7, 11) is 0. The molecule has 0 atom stereocenters. The smallest absolute Gasteiger partial charge is 0.335 e. The summed E-state index contributed by atoms with van der Waals surface area (Å²) in [5.74, 6) is -0.232. The molecule has 0 saturated carbocycles. The molecular formula is C18H19NO4. The van der Waals surface area contributed by atoms with Gasteiger partial charge in [-0.25, -0.2) is 4.79 Å². The minimum absolute atomic E-state index is 0.109. The number of amides is 1. The van der Waals surface area contributed by atoms with Crippen LogP contribution >= 0.6 is 0 Å². The highest BCUT2D eigenvalue weighted by Crippen LogP contribution is 2.18. The fourth-order valence-electron chi connectivity index (χ4n) is 1.99. The molecule has 0 aliphatic carbocycles. The highest BCUT2D eigenvalue weighted by atomic mass is 16.5. The largest absolute Gasteiger partial charge is 0.484 e. The van der Waals surface area contributed by atoms with Crippen molar-refractivity contribution in [3.63, 3.8) is 0 Å². The summed E-state index contributed by atoms with van der Waals surface area (Å²) in [6.07, 6.45) is 0. The van der Waals surface area contributed by atoms with Crippen molar-refractivity contribution in [3.8, 4) is 5.75 Å². The van der Waals surface area contributed by atoms with Crippen molar-refractivity contribution in [2.24, 2.45) is 0 Å². The van der Waals surface area contributed by atoms with Gasteiger partial charge in [0.05, 0.1) is 5.56 Å². The zero-order chi connectivity index (χ0) is 16.8. The number of ether oxygens (including phenoxy) is 1. The van der Waals surface area contributed by atoms with Crippen LogP contribution in [0.15, 0.2) is 48.5 Å². The van der Waals surface area contributed by atoms with E-state index in [1.807, 2.05) is 24.3 Å². The van der Waals surface area contributed by atoms with Gasteiger partial charge in [-0.1, -0.05) is 26.0 Å². The minimum Gasteiger partial charge on any atom is -0.484 e. The van der Waals surface area contributed by atoms with E-state index in [9.17, 15) is 9.59 Å². The third-order valence-corrected chi connectivity index (χ3v) is 3.33. The lowest BCUT2D eigenvalue weighted by atomic mass is 10.0. The zero-order valence-corrected chi connectivity index (χ0v) is 13.1. The van der Waals surface area contributed by atoms with E-state index in [2.05, 4.69) is 19.2 Å². The lowest BCUT2D eigenvalue weighted by Gasteiger charge is -2.09. The van der Waals surface area contributed by atoms with Crippen LogP contribution in [-0.2, 0) is 4.79 Å². The Morgan fingerprint density at radius 1 is 1.04 bits per heavy atom. The molecule has 2 aromatic rings. The van der Waals surface area contributed by atoms with Crippen molar-refractivity contribution in [2.45, 2.75) is 19.8 Å². The average molecular weight is 313 g/mol. The SMILES string of the molecule is CC(C)c1ccc(OCC(=O)Nc2ccc(C(=O)O)cc2)cc1. The summed E-state index contributed by atoms with van der Waals surface area (Å²) < 4.78 is 5.43. The molecule has 120 valence electrons. The van der Waals surface area contributed by atoms with E-state index in [1.54, 1.807) is 12.1 Å². The number of anilines is 1. The van der Waals surface area contributed by atoms with Gasteiger partial charge in [0.15, 0.2) is 6.61 Å². The molecule has 1 amide bonds. The number of rotatable bonds is 6. The number of carboxylic acid groups (broad SMARTS) is 1. The topological polar surface area (TPSA) is 75.6 Å². The Morgan fingerprint density at radius 2 is 1.65 bits per heavy atom. The van der Waals surface area contributed by atoms with Crippen molar-refractivity contribution < 1.29 is 19.4 Å². The second-order valence-corrected chi connectivity index (χ2v) is 5.44. The average Bonchev–Trinajstić information content (AvgIpc) is 2.54. The molecule has 2 N–H and O–H groups in total. The normalized spacial score (nSPS) is 10.4. The van der Waals surface area contributed by atoms with Crippen LogP contribution in [0.1, 0.15) is 35.7 Å². The van der Waals surface area contributed by atoms with Crippen LogP contribution in [0.25, 0.3) is 0 Å². The number of nitrogens with one attached hydrogen (secondary N) is 1. The van der Waals surface area contributed by atoms with Gasteiger partial charge in [-0.2, -0.15) is 0 Å². The Hall–Kier alpha value is -2.82. The molecule has 5 nitrogen and oxygen atoms in total. The van der Waals surface area contributed by atoms with Crippen LogP contribution in [0.4, 0.5) is 5.69 Å². The fourth-order valence-corrected chi connectivity index (χ4v) is 1.99. The van der Waals surface area contributed by atoms with Gasteiger partial charge < -0.3 is 15.2 Å². The van der Waals surface area contributed by atoms with Crippen LogP contribution in [-0.4, -0.2) is 23.6 Å². The van der Waals surface area contributed by atoms with E-state index in [1.165, 1.54) is 17.7 Å². The Labute approximate surface area is 134 Å². The molecule has 0 aromatic heterocycles. The molecule has 0 radical (unpaired) electrons. The number of carbonyl (C=O) groups is 2. The van der Waals surface area contributed by atoms with E-state index in [4.69, 9.17) is 9.84 Å². The van der Waals surface area contributed by atoms with Crippen molar-refractivity contribution in [1.82, 2.24) is 0 Å². The Balaban J connectivity index is 1.86. The maximum Gasteiger partial charge on any atom is 0.335 e. The van der Waals surface area contributed by atoms with Gasteiger partial charge in [0.25, 0.3) is 5.91 Å². The maximum absolute atomic E-state index is 11.8. The molecule has 0 aliphatic rings. The molecule has 2 rings (SSSR count). The van der Waals surface area contributed by atoms with E-state index >= 15 is 0 Å². The van der Waals surface area contributed by atoms with E-state index in [-0.39, 0.29) is 18.1 Å². The minimum atomic E-state index is -1.00. The van der Waals surface area contributed by atoms with Crippen LogP contribution in [0.2, 0.25) is 0 Å². The number of benzene rings is 2. The van der Waals surface area contributed by atoms with Crippen LogP contribution in [0.3, 0.4) is 0 Å². The van der Waals surface area contributed by atoms with Crippen LogP contribution < -0.4 is 10.1 Å². The third-order valence-electron chi connectivity index (χ3n) is 3.33. The fraction of sp³-hybridized carbons (Fsp3) is 0.222. The Morgan fingerprint density at radius 3 is 2.17 bits per heavy atom. The van der Waals surface area contributed by atoms with Crippen molar-refractivity contribution in [2.75, 3.05) is 11.9 Å². The van der Waals surface area contributed by atoms with Crippen LogP contribution in [0, 0.1) is 0 Å². The molecule has 0 bridgehead atoms. The monoisotopic (exact) mass is 313 g/mol. The molecule has 5 heteroatoms. The van der Waals surface area contributed by atoms with Gasteiger partial charge in [0.1, 0.15) is 5.75 Å². The van der Waals surface area contributed by atoms with E-state index < -0.39 is 5.97 Å². The van der Waals surface area contributed by atoms with Gasteiger partial charge >= 0.3 is 5.97 Å². The van der Waals surface area contributed by atoms with Crippen LogP contribution in [0.5, 0.6) is 5.75 Å². The molecule has 23 heavy (non-hydrogen) atoms. The second-order valence-electron chi connectivity index (χ2n) is 5.44. The first-order valence-electron chi connectivity index (χ1n) is 7.31.